The fraction of sp³-hybridized carbons (Fsp3) is 0.105. The minimum absolute atomic E-state index is 0.194. The van der Waals surface area contributed by atoms with Crippen LogP contribution in [-0.2, 0) is 13.0 Å². The topological polar surface area (TPSA) is 146 Å². The van der Waals surface area contributed by atoms with Crippen molar-refractivity contribution in [3.63, 3.8) is 0 Å². The molecule has 0 atom stereocenters. The van der Waals surface area contributed by atoms with Crippen LogP contribution in [0.25, 0.3) is 0 Å². The third-order valence-corrected chi connectivity index (χ3v) is 4.19. The molecule has 0 saturated heterocycles. The molecule has 0 aliphatic rings. The van der Waals surface area contributed by atoms with Crippen molar-refractivity contribution in [3.8, 4) is 0 Å². The summed E-state index contributed by atoms with van der Waals surface area (Å²) in [5.41, 5.74) is 28.3. The predicted molar refractivity (Wildman–Crippen MR) is 108 cm³/mol. The third-order valence-electron chi connectivity index (χ3n) is 4.19. The van der Waals surface area contributed by atoms with Gasteiger partial charge in [0.25, 0.3) is 0 Å². The van der Waals surface area contributed by atoms with Gasteiger partial charge in [-0.15, -0.1) is 0 Å². The molecule has 0 fully saturated rings. The van der Waals surface area contributed by atoms with Gasteiger partial charge in [-0.2, -0.15) is 0 Å². The molecular weight excluding hydrogens is 326 g/mol. The van der Waals surface area contributed by atoms with E-state index in [1.807, 2.05) is 36.4 Å². The molecule has 1 heterocycles. The predicted octanol–water partition coefficient (Wildman–Crippen LogP) is 1.88. The normalized spacial score (nSPS) is 10.7. The Labute approximate surface area is 152 Å². The first-order valence-corrected chi connectivity index (χ1v) is 8.19. The summed E-state index contributed by atoms with van der Waals surface area (Å²) in [5.74, 6) is 6.75. The first-order valence-electron chi connectivity index (χ1n) is 8.19. The molecule has 1 aromatic heterocycles. The van der Waals surface area contributed by atoms with Gasteiger partial charge in [0.1, 0.15) is 11.6 Å². The van der Waals surface area contributed by atoms with Crippen LogP contribution in [0.5, 0.6) is 0 Å². The average molecular weight is 349 g/mol. The summed E-state index contributed by atoms with van der Waals surface area (Å²) in [4.78, 5) is 3.94. The van der Waals surface area contributed by atoms with Crippen LogP contribution < -0.4 is 33.8 Å². The van der Waals surface area contributed by atoms with Crippen LogP contribution in [0.1, 0.15) is 16.7 Å². The van der Waals surface area contributed by atoms with E-state index in [-0.39, 0.29) is 5.82 Å². The van der Waals surface area contributed by atoms with Crippen molar-refractivity contribution in [2.24, 2.45) is 5.84 Å². The lowest BCUT2D eigenvalue weighted by Crippen LogP contribution is -2.31. The van der Waals surface area contributed by atoms with Crippen LogP contribution in [0.3, 0.4) is 0 Å². The summed E-state index contributed by atoms with van der Waals surface area (Å²) in [7, 11) is 0. The number of nitrogens with two attached hydrogens (primary N) is 5. The summed E-state index contributed by atoms with van der Waals surface area (Å²) in [6, 6.07) is 17.7. The number of hydrazine groups is 1. The molecule has 0 unspecified atom stereocenters. The van der Waals surface area contributed by atoms with Crippen molar-refractivity contribution >= 4 is 28.7 Å². The molecule has 3 rings (SSSR count). The fourth-order valence-electron chi connectivity index (χ4n) is 2.83. The van der Waals surface area contributed by atoms with Crippen molar-refractivity contribution < 1.29 is 0 Å². The highest BCUT2D eigenvalue weighted by molar-refractivity contribution is 5.71. The number of anilines is 5. The van der Waals surface area contributed by atoms with Crippen LogP contribution in [0, 0.1) is 0 Å². The van der Waals surface area contributed by atoms with Gasteiger partial charge in [0.15, 0.2) is 0 Å². The smallest absolute Gasteiger partial charge is 0.149 e. The van der Waals surface area contributed by atoms with Crippen molar-refractivity contribution in [2.45, 2.75) is 13.0 Å². The second kappa shape index (κ2) is 7.20. The average Bonchev–Trinajstić information content (AvgIpc) is 2.61. The Bertz CT molecular complexity index is 909. The first kappa shape index (κ1) is 17.4. The van der Waals surface area contributed by atoms with E-state index in [9.17, 15) is 0 Å². The standard InChI is InChI=1S/C19H23N7/c20-15-7-6-13(8-12-4-2-1-3-5-12)9-16(15)26(24)11-14-10-17(21)25-19(23)18(14)22/h1-7,9-10H,8,11,20,22,24H2,(H4,21,23,25). The molecule has 0 aliphatic heterocycles. The largest absolute Gasteiger partial charge is 0.397 e. The lowest BCUT2D eigenvalue weighted by Gasteiger charge is -2.22. The maximum absolute atomic E-state index is 6.25. The summed E-state index contributed by atoms with van der Waals surface area (Å²) in [6.45, 7) is 0.307. The minimum atomic E-state index is 0.194. The number of aromatic nitrogens is 1. The number of rotatable bonds is 5. The highest BCUT2D eigenvalue weighted by Gasteiger charge is 2.13. The van der Waals surface area contributed by atoms with Gasteiger partial charge >= 0.3 is 0 Å². The molecular formula is C19H23N7. The third kappa shape index (κ3) is 3.79. The second-order valence-corrected chi connectivity index (χ2v) is 6.19. The van der Waals surface area contributed by atoms with Crippen LogP contribution in [0.2, 0.25) is 0 Å². The minimum Gasteiger partial charge on any atom is -0.397 e. The molecule has 3 aromatic rings. The molecule has 0 amide bonds. The van der Waals surface area contributed by atoms with E-state index in [1.165, 1.54) is 10.6 Å². The zero-order valence-corrected chi connectivity index (χ0v) is 14.4. The molecule has 0 radical (unpaired) electrons. The van der Waals surface area contributed by atoms with Gasteiger partial charge in [-0.1, -0.05) is 36.4 Å². The van der Waals surface area contributed by atoms with Gasteiger partial charge in [0.05, 0.1) is 23.6 Å². The number of hydrogen-bond donors (Lipinski definition) is 5. The highest BCUT2D eigenvalue weighted by atomic mass is 15.4. The molecule has 0 saturated carbocycles. The zero-order chi connectivity index (χ0) is 18.7. The van der Waals surface area contributed by atoms with Gasteiger partial charge in [0.2, 0.25) is 0 Å². The number of pyridine rings is 1. The highest BCUT2D eigenvalue weighted by Crippen LogP contribution is 2.28. The van der Waals surface area contributed by atoms with Gasteiger partial charge in [-0.25, -0.2) is 10.8 Å². The number of nitrogen functional groups attached to an aromatic ring is 4. The summed E-state index contributed by atoms with van der Waals surface area (Å²) in [6.07, 6.45) is 0.791. The Hall–Kier alpha value is -3.45. The van der Waals surface area contributed by atoms with Crippen molar-refractivity contribution in [2.75, 3.05) is 27.9 Å². The van der Waals surface area contributed by atoms with Crippen LogP contribution in [0.4, 0.5) is 28.7 Å². The number of hydrogen-bond acceptors (Lipinski definition) is 7. The monoisotopic (exact) mass is 349 g/mol. The Morgan fingerprint density at radius 2 is 1.58 bits per heavy atom. The molecule has 134 valence electrons. The molecule has 10 N–H and O–H groups in total. The van der Waals surface area contributed by atoms with Crippen LogP contribution in [0.15, 0.2) is 54.6 Å². The Kier molecular flexibility index (Phi) is 4.81. The zero-order valence-electron chi connectivity index (χ0n) is 14.4. The maximum Gasteiger partial charge on any atom is 0.149 e. The molecule has 0 aliphatic carbocycles. The number of nitrogens with zero attached hydrogens (tertiary/aromatic N) is 2. The summed E-state index contributed by atoms with van der Waals surface area (Å²) in [5, 5.41) is 1.54. The summed E-state index contributed by atoms with van der Waals surface area (Å²) >= 11 is 0. The van der Waals surface area contributed by atoms with Crippen molar-refractivity contribution in [3.05, 3.63) is 71.3 Å². The van der Waals surface area contributed by atoms with Gasteiger partial charge in [0, 0.05) is 5.56 Å². The van der Waals surface area contributed by atoms with E-state index < -0.39 is 0 Å². The maximum atomic E-state index is 6.25. The Morgan fingerprint density at radius 1 is 0.846 bits per heavy atom. The Balaban J connectivity index is 1.85. The van der Waals surface area contributed by atoms with Gasteiger partial charge in [-0.3, -0.25) is 0 Å². The molecule has 2 aromatic carbocycles. The second-order valence-electron chi connectivity index (χ2n) is 6.19. The lowest BCUT2D eigenvalue weighted by molar-refractivity contribution is 0.854. The number of benzene rings is 2. The Morgan fingerprint density at radius 3 is 2.31 bits per heavy atom. The molecule has 0 spiro atoms. The molecule has 0 bridgehead atoms. The van der Waals surface area contributed by atoms with E-state index in [1.54, 1.807) is 6.07 Å². The van der Waals surface area contributed by atoms with Crippen LogP contribution >= 0.6 is 0 Å². The molecule has 26 heavy (non-hydrogen) atoms. The fourth-order valence-corrected chi connectivity index (χ4v) is 2.83. The SMILES string of the molecule is Nc1cc(CN(N)c2cc(Cc3ccccc3)ccc2N)c(N)c(N)n1. The van der Waals surface area contributed by atoms with Gasteiger partial charge < -0.3 is 27.9 Å². The first-order chi connectivity index (χ1) is 12.4. The van der Waals surface area contributed by atoms with E-state index in [0.717, 1.165) is 12.0 Å². The van der Waals surface area contributed by atoms with E-state index in [2.05, 4.69) is 17.1 Å². The van der Waals surface area contributed by atoms with Crippen LogP contribution in [-0.4, -0.2) is 4.98 Å². The van der Waals surface area contributed by atoms with E-state index >= 15 is 0 Å². The molecule has 7 nitrogen and oxygen atoms in total. The van der Waals surface area contributed by atoms with Crippen molar-refractivity contribution in [1.29, 1.82) is 0 Å². The summed E-state index contributed by atoms with van der Waals surface area (Å²) < 4.78 is 0. The van der Waals surface area contributed by atoms with E-state index in [4.69, 9.17) is 28.8 Å². The van der Waals surface area contributed by atoms with Crippen molar-refractivity contribution in [1.82, 2.24) is 4.98 Å². The van der Waals surface area contributed by atoms with Gasteiger partial charge in [-0.05, 0) is 35.7 Å². The molecule has 7 heteroatoms. The van der Waals surface area contributed by atoms with E-state index in [0.29, 0.717) is 35.0 Å². The lowest BCUT2D eigenvalue weighted by atomic mass is 10.0. The quantitative estimate of drug-likeness (QED) is 0.268.